The molecule has 8 heteroatoms. The van der Waals surface area contributed by atoms with E-state index in [4.69, 9.17) is 10.8 Å². The van der Waals surface area contributed by atoms with Gasteiger partial charge < -0.3 is 16.2 Å². The van der Waals surface area contributed by atoms with Crippen molar-refractivity contribution in [1.82, 2.24) is 20.1 Å². The lowest BCUT2D eigenvalue weighted by molar-refractivity contribution is -0.119. The summed E-state index contributed by atoms with van der Waals surface area (Å²) in [7, 11) is 0. The van der Waals surface area contributed by atoms with Gasteiger partial charge in [0.15, 0.2) is 0 Å². The molecule has 0 bridgehead atoms. The highest BCUT2D eigenvalue weighted by Gasteiger charge is 2.20. The zero-order valence-electron chi connectivity index (χ0n) is 22.2. The Morgan fingerprint density at radius 1 is 0.950 bits per heavy atom. The summed E-state index contributed by atoms with van der Waals surface area (Å²) in [4.78, 5) is 29.6. The van der Waals surface area contributed by atoms with Crippen LogP contribution < -0.4 is 11.1 Å². The van der Waals surface area contributed by atoms with Crippen LogP contribution >= 0.6 is 0 Å². The van der Waals surface area contributed by atoms with Crippen LogP contribution in [0.5, 0.6) is 5.75 Å². The maximum absolute atomic E-state index is 13.0. The van der Waals surface area contributed by atoms with Gasteiger partial charge in [0, 0.05) is 30.1 Å². The van der Waals surface area contributed by atoms with Crippen LogP contribution in [0.25, 0.3) is 33.4 Å². The van der Waals surface area contributed by atoms with Gasteiger partial charge in [-0.15, -0.1) is 0 Å². The van der Waals surface area contributed by atoms with E-state index >= 15 is 0 Å². The number of nitrogens with two attached hydrogens (primary N) is 1. The molecule has 0 aliphatic rings. The lowest BCUT2D eigenvalue weighted by Gasteiger charge is -2.16. The highest BCUT2D eigenvalue weighted by molar-refractivity contribution is 5.97. The van der Waals surface area contributed by atoms with Gasteiger partial charge in [-0.05, 0) is 59.3 Å². The molecule has 0 saturated heterocycles. The lowest BCUT2D eigenvalue weighted by Crippen LogP contribution is -2.45. The van der Waals surface area contributed by atoms with Gasteiger partial charge in [0.25, 0.3) is 5.91 Å². The number of aromatic hydroxyl groups is 1. The predicted octanol–water partition coefficient (Wildman–Crippen LogP) is 5.10. The van der Waals surface area contributed by atoms with E-state index in [1.807, 2.05) is 53.3 Å². The van der Waals surface area contributed by atoms with Gasteiger partial charge >= 0.3 is 0 Å². The second kappa shape index (κ2) is 11.8. The summed E-state index contributed by atoms with van der Waals surface area (Å²) in [6.07, 6.45) is 4.11. The first-order valence-corrected chi connectivity index (χ1v) is 13.3. The molecule has 2 aromatic heterocycles. The minimum atomic E-state index is -0.885. The predicted molar refractivity (Wildman–Crippen MR) is 156 cm³/mol. The number of amides is 2. The van der Waals surface area contributed by atoms with Crippen LogP contribution in [0.2, 0.25) is 0 Å². The zero-order valence-corrected chi connectivity index (χ0v) is 22.2. The van der Waals surface area contributed by atoms with Crippen molar-refractivity contribution in [2.75, 3.05) is 0 Å². The van der Waals surface area contributed by atoms with Crippen LogP contribution in [0.4, 0.5) is 0 Å². The molecule has 0 radical (unpaired) electrons. The normalized spacial score (nSPS) is 11.8. The van der Waals surface area contributed by atoms with Crippen molar-refractivity contribution in [3.8, 4) is 28.4 Å². The molecule has 40 heavy (non-hydrogen) atoms. The van der Waals surface area contributed by atoms with Gasteiger partial charge in [-0.25, -0.2) is 0 Å². The molecule has 2 heterocycles. The molecule has 0 unspecified atom stereocenters. The van der Waals surface area contributed by atoms with Gasteiger partial charge in [-0.2, -0.15) is 5.10 Å². The van der Waals surface area contributed by atoms with Gasteiger partial charge in [0.2, 0.25) is 5.91 Å². The van der Waals surface area contributed by atoms with Crippen molar-refractivity contribution < 1.29 is 14.7 Å². The first-order chi connectivity index (χ1) is 19.4. The van der Waals surface area contributed by atoms with E-state index in [-0.39, 0.29) is 12.2 Å². The first kappa shape index (κ1) is 26.6. The number of pyridine rings is 1. The van der Waals surface area contributed by atoms with Gasteiger partial charge in [0.05, 0.1) is 11.4 Å². The largest absolute Gasteiger partial charge is 0.508 e. The maximum atomic E-state index is 13.0. The number of hydrogen-bond donors (Lipinski definition) is 3. The second-order valence-electron chi connectivity index (χ2n) is 9.78. The van der Waals surface area contributed by atoms with E-state index in [2.05, 4.69) is 23.3 Å². The van der Waals surface area contributed by atoms with E-state index < -0.39 is 17.9 Å². The molecule has 5 aromatic rings. The van der Waals surface area contributed by atoms with Crippen molar-refractivity contribution in [2.24, 2.45) is 5.73 Å². The van der Waals surface area contributed by atoms with E-state index in [0.717, 1.165) is 58.4 Å². The maximum Gasteiger partial charge on any atom is 0.251 e. The fourth-order valence-corrected chi connectivity index (χ4v) is 4.60. The van der Waals surface area contributed by atoms with Crippen molar-refractivity contribution in [3.05, 3.63) is 102 Å². The monoisotopic (exact) mass is 533 g/mol. The summed E-state index contributed by atoms with van der Waals surface area (Å²) in [6, 6.07) is 25.0. The quantitative estimate of drug-likeness (QED) is 0.231. The van der Waals surface area contributed by atoms with Crippen LogP contribution in [0.15, 0.2) is 91.1 Å². The number of primary amides is 1. The number of aryl methyl sites for hydroxylation is 1. The topological polar surface area (TPSA) is 123 Å². The van der Waals surface area contributed by atoms with Crippen molar-refractivity contribution in [3.63, 3.8) is 0 Å². The third-order valence-electron chi connectivity index (χ3n) is 6.86. The number of phenols is 1. The Morgan fingerprint density at radius 2 is 1.68 bits per heavy atom. The Hall–Kier alpha value is -4.98. The van der Waals surface area contributed by atoms with Crippen LogP contribution in [0.3, 0.4) is 0 Å². The average molecular weight is 534 g/mol. The molecule has 4 N–H and O–H groups in total. The van der Waals surface area contributed by atoms with Gasteiger partial charge in [0.1, 0.15) is 17.5 Å². The Morgan fingerprint density at radius 3 is 2.38 bits per heavy atom. The number of phenolic OH excluding ortho intramolecular Hbond substituents is 1. The highest BCUT2D eigenvalue weighted by atomic mass is 16.3. The summed E-state index contributed by atoms with van der Waals surface area (Å²) in [5.74, 6) is -0.900. The third kappa shape index (κ3) is 6.02. The zero-order chi connectivity index (χ0) is 28.1. The molecule has 0 spiro atoms. The summed E-state index contributed by atoms with van der Waals surface area (Å²) in [5, 5.41) is 19.3. The Bertz CT molecular complexity index is 1640. The minimum Gasteiger partial charge on any atom is -0.508 e. The molecule has 0 aliphatic heterocycles. The van der Waals surface area contributed by atoms with E-state index in [1.54, 1.807) is 24.3 Å². The summed E-state index contributed by atoms with van der Waals surface area (Å²) in [6.45, 7) is 2.91. The lowest BCUT2D eigenvalue weighted by atomic mass is 10.0. The van der Waals surface area contributed by atoms with Crippen molar-refractivity contribution in [1.29, 1.82) is 0 Å². The average Bonchev–Trinajstić information content (AvgIpc) is 3.40. The Labute approximate surface area is 232 Å². The number of aromatic nitrogens is 3. The number of nitrogens with one attached hydrogen (secondary N) is 1. The molecule has 1 atom stereocenters. The molecule has 0 fully saturated rings. The van der Waals surface area contributed by atoms with E-state index in [0.29, 0.717) is 5.56 Å². The standard InChI is InChI=1S/C32H31N5O3/c1-2-3-16-37-30(19-28(36-37)27-18-24-6-4-5-7-25(24)20-34-27)22-10-12-23(13-11-22)32(40)35-29(31(33)39)17-21-8-14-26(38)15-9-21/h4-15,18-20,29,38H,2-3,16-17H2,1H3,(H2,33,39)(H,35,40)/t29-/m0/s1. The van der Waals surface area contributed by atoms with E-state index in [1.165, 1.54) is 12.1 Å². The summed E-state index contributed by atoms with van der Waals surface area (Å²) < 4.78 is 1.99. The number of unbranched alkanes of at least 4 members (excludes halogenated alkanes) is 1. The minimum absolute atomic E-state index is 0.125. The highest BCUT2D eigenvalue weighted by Crippen LogP contribution is 2.28. The number of hydrogen-bond acceptors (Lipinski definition) is 5. The van der Waals surface area contributed by atoms with Crippen molar-refractivity contribution >= 4 is 22.6 Å². The fourth-order valence-electron chi connectivity index (χ4n) is 4.60. The number of fused-ring (bicyclic) bond motifs is 1. The number of carbonyl (C=O) groups is 2. The second-order valence-corrected chi connectivity index (χ2v) is 9.78. The smallest absolute Gasteiger partial charge is 0.251 e. The fraction of sp³-hybridized carbons (Fsp3) is 0.188. The van der Waals surface area contributed by atoms with E-state index in [9.17, 15) is 14.7 Å². The molecule has 0 saturated carbocycles. The molecule has 5 rings (SSSR count). The van der Waals surface area contributed by atoms with Crippen LogP contribution in [0.1, 0.15) is 35.7 Å². The SMILES string of the molecule is CCCCn1nc(-c2cc3ccccc3cn2)cc1-c1ccc(C(=O)N[C@@H](Cc2ccc(O)cc2)C(N)=O)cc1. The molecular weight excluding hydrogens is 502 g/mol. The van der Waals surface area contributed by atoms with Crippen LogP contribution in [0, 0.1) is 0 Å². The number of benzene rings is 3. The van der Waals surface area contributed by atoms with Gasteiger partial charge in [-0.1, -0.05) is 61.9 Å². The number of nitrogens with zero attached hydrogens (tertiary/aromatic N) is 3. The number of carbonyl (C=O) groups excluding carboxylic acids is 2. The molecule has 2 amide bonds. The Kier molecular flexibility index (Phi) is 7.87. The molecule has 3 aromatic carbocycles. The van der Waals surface area contributed by atoms with Crippen LogP contribution in [-0.4, -0.2) is 37.7 Å². The third-order valence-corrected chi connectivity index (χ3v) is 6.86. The van der Waals surface area contributed by atoms with Crippen molar-refractivity contribution in [2.45, 2.75) is 38.8 Å². The van der Waals surface area contributed by atoms with Crippen LogP contribution in [-0.2, 0) is 17.8 Å². The van der Waals surface area contributed by atoms with Gasteiger partial charge in [-0.3, -0.25) is 19.3 Å². The summed E-state index contributed by atoms with van der Waals surface area (Å²) >= 11 is 0. The first-order valence-electron chi connectivity index (χ1n) is 13.3. The molecule has 0 aliphatic carbocycles. The Balaban J connectivity index is 1.37. The number of rotatable bonds is 10. The molecule has 8 nitrogen and oxygen atoms in total. The molecular formula is C32H31N5O3. The molecule has 202 valence electrons. The summed E-state index contributed by atoms with van der Waals surface area (Å²) in [5.41, 5.74) is 10.2.